The molecule has 0 bridgehead atoms. The average molecular weight is 537 g/mol. The zero-order chi connectivity index (χ0) is 26.3. The zero-order valence-corrected chi connectivity index (χ0v) is 21.6. The first-order valence-electron chi connectivity index (χ1n) is 12.7. The van der Waals surface area contributed by atoms with Gasteiger partial charge in [-0.25, -0.2) is 0 Å². The van der Waals surface area contributed by atoms with Gasteiger partial charge >= 0.3 is 0 Å². The molecule has 0 saturated carbocycles. The van der Waals surface area contributed by atoms with Crippen LogP contribution in [0.3, 0.4) is 0 Å². The molecule has 0 spiro atoms. The summed E-state index contributed by atoms with van der Waals surface area (Å²) in [5, 5.41) is 39.7. The Morgan fingerprint density at radius 3 is 2.22 bits per heavy atom. The standard InChI is InChI=1S/C27H37ClN2O7/c28-22-8-6-21(7-9-22)24(20-4-2-1-3-5-20)30-12-10-29(11-13-30)14-15-35-16-17-36-27(19-32)26(34)25(33)23(18-31)37-27/h1-9,23-26,31-34H,10-19H2/t23-,24?,25-,26+,27+/m1/s1. The van der Waals surface area contributed by atoms with Gasteiger partial charge in [0, 0.05) is 37.7 Å². The Kier molecular flexibility index (Phi) is 10.3. The van der Waals surface area contributed by atoms with Crippen molar-refractivity contribution in [1.82, 2.24) is 9.80 Å². The third kappa shape index (κ3) is 6.88. The van der Waals surface area contributed by atoms with Gasteiger partial charge in [-0.05, 0) is 23.3 Å². The van der Waals surface area contributed by atoms with Crippen molar-refractivity contribution >= 4 is 11.6 Å². The maximum Gasteiger partial charge on any atom is 0.221 e. The molecule has 0 radical (unpaired) electrons. The lowest BCUT2D eigenvalue weighted by Crippen LogP contribution is -2.49. The third-order valence-corrected chi connectivity index (χ3v) is 7.36. The average Bonchev–Trinajstić information content (AvgIpc) is 3.18. The van der Waals surface area contributed by atoms with Gasteiger partial charge in [0.1, 0.15) is 24.9 Å². The minimum absolute atomic E-state index is 0.0656. The van der Waals surface area contributed by atoms with Crippen molar-refractivity contribution in [3.63, 3.8) is 0 Å². The summed E-state index contributed by atoms with van der Waals surface area (Å²) in [5.41, 5.74) is 2.48. The van der Waals surface area contributed by atoms with Gasteiger partial charge in [0.05, 0.1) is 32.5 Å². The fraction of sp³-hybridized carbons (Fsp3) is 0.556. The van der Waals surface area contributed by atoms with Crippen molar-refractivity contribution in [3.05, 3.63) is 70.7 Å². The van der Waals surface area contributed by atoms with Gasteiger partial charge < -0.3 is 34.6 Å². The highest BCUT2D eigenvalue weighted by Crippen LogP contribution is 2.32. The van der Waals surface area contributed by atoms with Crippen LogP contribution in [0.4, 0.5) is 0 Å². The lowest BCUT2D eigenvalue weighted by atomic mass is 9.96. The van der Waals surface area contributed by atoms with Crippen LogP contribution in [0.15, 0.2) is 54.6 Å². The predicted molar refractivity (Wildman–Crippen MR) is 138 cm³/mol. The number of piperazine rings is 1. The van der Waals surface area contributed by atoms with Gasteiger partial charge in [-0.3, -0.25) is 9.80 Å². The van der Waals surface area contributed by atoms with Crippen LogP contribution in [-0.2, 0) is 14.2 Å². The van der Waals surface area contributed by atoms with E-state index in [2.05, 4.69) is 46.2 Å². The van der Waals surface area contributed by atoms with Crippen LogP contribution in [0.5, 0.6) is 0 Å². The van der Waals surface area contributed by atoms with E-state index in [1.165, 1.54) is 11.1 Å². The number of aliphatic hydroxyl groups is 4. The Morgan fingerprint density at radius 2 is 1.59 bits per heavy atom. The second-order valence-electron chi connectivity index (χ2n) is 9.45. The van der Waals surface area contributed by atoms with E-state index in [4.69, 9.17) is 25.8 Å². The van der Waals surface area contributed by atoms with E-state index < -0.39 is 37.3 Å². The monoisotopic (exact) mass is 536 g/mol. The number of aliphatic hydroxyl groups excluding tert-OH is 4. The first-order valence-corrected chi connectivity index (χ1v) is 13.1. The molecule has 10 heteroatoms. The molecule has 2 aliphatic rings. The van der Waals surface area contributed by atoms with Gasteiger partial charge in [-0.2, -0.15) is 0 Å². The van der Waals surface area contributed by atoms with Gasteiger partial charge in [-0.15, -0.1) is 0 Å². The van der Waals surface area contributed by atoms with Crippen LogP contribution in [0, 0.1) is 0 Å². The van der Waals surface area contributed by atoms with Crippen molar-refractivity contribution < 1.29 is 34.6 Å². The summed E-state index contributed by atoms with van der Waals surface area (Å²) in [6.07, 6.45) is -3.81. The van der Waals surface area contributed by atoms with E-state index >= 15 is 0 Å². The summed E-state index contributed by atoms with van der Waals surface area (Å²) >= 11 is 6.13. The molecule has 2 fully saturated rings. The Morgan fingerprint density at radius 1 is 0.919 bits per heavy atom. The molecule has 2 aromatic rings. The van der Waals surface area contributed by atoms with E-state index in [0.717, 1.165) is 37.7 Å². The molecule has 2 aromatic carbocycles. The highest BCUT2D eigenvalue weighted by Gasteiger charge is 2.54. The number of hydrogen-bond donors (Lipinski definition) is 4. The quantitative estimate of drug-likeness (QED) is 0.293. The Hall–Kier alpha value is -1.63. The maximum absolute atomic E-state index is 10.2. The van der Waals surface area contributed by atoms with Crippen molar-refractivity contribution in [1.29, 1.82) is 0 Å². The third-order valence-electron chi connectivity index (χ3n) is 7.11. The SMILES string of the molecule is OC[C@H]1O[C@](CO)(OCCOCCN2CCN(C(c3ccccc3)c3ccc(Cl)cc3)CC2)[C@@H](O)[C@@H]1O. The fourth-order valence-electron chi connectivity index (χ4n) is 5.01. The van der Waals surface area contributed by atoms with E-state index in [9.17, 15) is 20.4 Å². The Balaban J connectivity index is 1.20. The predicted octanol–water partition coefficient (Wildman–Crippen LogP) is 0.882. The molecule has 2 heterocycles. The van der Waals surface area contributed by atoms with Crippen molar-refractivity contribution in [2.75, 3.05) is 65.8 Å². The minimum atomic E-state index is -1.76. The molecule has 0 amide bonds. The van der Waals surface area contributed by atoms with Crippen molar-refractivity contribution in [3.8, 4) is 0 Å². The first-order chi connectivity index (χ1) is 18.0. The minimum Gasteiger partial charge on any atom is -0.394 e. The van der Waals surface area contributed by atoms with E-state index in [1.54, 1.807) is 0 Å². The van der Waals surface area contributed by atoms with E-state index in [-0.39, 0.29) is 19.3 Å². The molecular formula is C27H37ClN2O7. The summed E-state index contributed by atoms with van der Waals surface area (Å²) in [6, 6.07) is 18.8. The van der Waals surface area contributed by atoms with Crippen LogP contribution >= 0.6 is 11.6 Å². The molecule has 4 N–H and O–H groups in total. The second kappa shape index (κ2) is 13.4. The van der Waals surface area contributed by atoms with Crippen LogP contribution in [-0.4, -0.2) is 120 Å². The summed E-state index contributed by atoms with van der Waals surface area (Å²) in [7, 11) is 0. The maximum atomic E-state index is 10.2. The normalized spacial score (nSPS) is 28.0. The number of nitrogens with zero attached hydrogens (tertiary/aromatic N) is 2. The summed E-state index contributed by atoms with van der Waals surface area (Å²) < 4.78 is 16.6. The van der Waals surface area contributed by atoms with Crippen molar-refractivity contribution in [2.45, 2.75) is 30.1 Å². The van der Waals surface area contributed by atoms with Gasteiger partial charge in [0.25, 0.3) is 0 Å². The van der Waals surface area contributed by atoms with Crippen LogP contribution in [0.25, 0.3) is 0 Å². The Labute approximate surface area is 222 Å². The topological polar surface area (TPSA) is 115 Å². The van der Waals surface area contributed by atoms with E-state index in [1.807, 2.05) is 18.2 Å². The summed E-state index contributed by atoms with van der Waals surface area (Å²) in [6.45, 7) is 4.16. The molecule has 2 saturated heterocycles. The lowest BCUT2D eigenvalue weighted by molar-refractivity contribution is -0.279. The van der Waals surface area contributed by atoms with Crippen LogP contribution in [0.2, 0.25) is 5.02 Å². The van der Waals surface area contributed by atoms with E-state index in [0.29, 0.717) is 6.61 Å². The number of ether oxygens (including phenoxy) is 3. The molecule has 5 atom stereocenters. The first kappa shape index (κ1) is 28.4. The molecule has 37 heavy (non-hydrogen) atoms. The Bertz CT molecular complexity index is 946. The summed E-state index contributed by atoms with van der Waals surface area (Å²) in [4.78, 5) is 4.86. The molecule has 9 nitrogen and oxygen atoms in total. The van der Waals surface area contributed by atoms with Crippen LogP contribution < -0.4 is 0 Å². The lowest BCUT2D eigenvalue weighted by Gasteiger charge is -2.39. The molecule has 0 aliphatic carbocycles. The zero-order valence-electron chi connectivity index (χ0n) is 20.9. The molecule has 204 valence electrons. The highest BCUT2D eigenvalue weighted by molar-refractivity contribution is 6.30. The number of hydrogen-bond acceptors (Lipinski definition) is 9. The number of halogens is 1. The number of benzene rings is 2. The molecule has 0 aromatic heterocycles. The van der Waals surface area contributed by atoms with Gasteiger partial charge in [0.15, 0.2) is 0 Å². The number of rotatable bonds is 12. The fourth-order valence-corrected chi connectivity index (χ4v) is 5.13. The van der Waals surface area contributed by atoms with Gasteiger partial charge in [-0.1, -0.05) is 54.1 Å². The second-order valence-corrected chi connectivity index (χ2v) is 9.88. The van der Waals surface area contributed by atoms with Crippen molar-refractivity contribution in [2.24, 2.45) is 0 Å². The molecule has 1 unspecified atom stereocenters. The van der Waals surface area contributed by atoms with Gasteiger partial charge in [0.2, 0.25) is 5.79 Å². The largest absolute Gasteiger partial charge is 0.394 e. The smallest absolute Gasteiger partial charge is 0.221 e. The molecular weight excluding hydrogens is 500 g/mol. The summed E-state index contributed by atoms with van der Waals surface area (Å²) in [5.74, 6) is -1.76. The van der Waals surface area contributed by atoms with Crippen LogP contribution in [0.1, 0.15) is 17.2 Å². The molecule has 4 rings (SSSR count). The highest BCUT2D eigenvalue weighted by atomic mass is 35.5. The molecule has 2 aliphatic heterocycles.